The maximum absolute atomic E-state index is 11.9. The SMILES string of the molecule is C=C/C(Nc1nc(Cl)ncc1C(=O)OCC)=C(\CC)OC. The largest absolute Gasteiger partial charge is 0.499 e. The first-order valence-electron chi connectivity index (χ1n) is 6.43. The molecule has 0 unspecified atom stereocenters. The number of anilines is 1. The van der Waals surface area contributed by atoms with Gasteiger partial charge in [0, 0.05) is 12.6 Å². The number of nitrogens with one attached hydrogen (secondary N) is 1. The lowest BCUT2D eigenvalue weighted by Gasteiger charge is -2.14. The van der Waals surface area contributed by atoms with Crippen LogP contribution >= 0.6 is 11.6 Å². The molecule has 1 rings (SSSR count). The molecule has 1 N–H and O–H groups in total. The first-order valence-corrected chi connectivity index (χ1v) is 6.81. The van der Waals surface area contributed by atoms with Gasteiger partial charge in [-0.1, -0.05) is 13.5 Å². The summed E-state index contributed by atoms with van der Waals surface area (Å²) in [6.07, 6.45) is 3.54. The van der Waals surface area contributed by atoms with Crippen molar-refractivity contribution in [1.82, 2.24) is 9.97 Å². The lowest BCUT2D eigenvalue weighted by atomic mass is 10.2. The van der Waals surface area contributed by atoms with Crippen LogP contribution in [0.1, 0.15) is 30.6 Å². The van der Waals surface area contributed by atoms with Crippen LogP contribution in [0.3, 0.4) is 0 Å². The number of halogens is 1. The summed E-state index contributed by atoms with van der Waals surface area (Å²) in [6, 6.07) is 0. The number of methoxy groups -OCH3 is 1. The van der Waals surface area contributed by atoms with Gasteiger partial charge in [0.15, 0.2) is 0 Å². The molecule has 0 aromatic carbocycles. The van der Waals surface area contributed by atoms with Crippen LogP contribution in [0.4, 0.5) is 5.82 Å². The highest BCUT2D eigenvalue weighted by Gasteiger charge is 2.17. The Morgan fingerprint density at radius 1 is 1.52 bits per heavy atom. The fraction of sp³-hybridized carbons (Fsp3) is 0.357. The quantitative estimate of drug-likeness (QED) is 0.361. The van der Waals surface area contributed by atoms with Gasteiger partial charge in [0.25, 0.3) is 0 Å². The summed E-state index contributed by atoms with van der Waals surface area (Å²) in [4.78, 5) is 19.7. The fourth-order valence-corrected chi connectivity index (χ4v) is 1.75. The van der Waals surface area contributed by atoms with Gasteiger partial charge in [-0.15, -0.1) is 0 Å². The smallest absolute Gasteiger partial charge is 0.343 e. The minimum atomic E-state index is -0.532. The lowest BCUT2D eigenvalue weighted by molar-refractivity contribution is 0.0526. The second-order valence-corrected chi connectivity index (χ2v) is 4.18. The molecule has 6 nitrogen and oxygen atoms in total. The number of carbonyl (C=O) groups excluding carboxylic acids is 1. The number of carbonyl (C=O) groups is 1. The molecule has 1 aromatic rings. The van der Waals surface area contributed by atoms with E-state index in [0.29, 0.717) is 17.9 Å². The third kappa shape index (κ3) is 4.46. The molecule has 0 saturated heterocycles. The normalized spacial score (nSPS) is 11.4. The van der Waals surface area contributed by atoms with E-state index in [4.69, 9.17) is 21.1 Å². The topological polar surface area (TPSA) is 73.3 Å². The van der Waals surface area contributed by atoms with Crippen molar-refractivity contribution < 1.29 is 14.3 Å². The van der Waals surface area contributed by atoms with Gasteiger partial charge in [-0.3, -0.25) is 0 Å². The monoisotopic (exact) mass is 311 g/mol. The minimum Gasteiger partial charge on any atom is -0.499 e. The fourth-order valence-electron chi connectivity index (χ4n) is 1.62. The zero-order chi connectivity index (χ0) is 15.8. The Morgan fingerprint density at radius 2 is 2.24 bits per heavy atom. The number of nitrogens with zero attached hydrogens (tertiary/aromatic N) is 2. The van der Waals surface area contributed by atoms with E-state index in [2.05, 4.69) is 21.9 Å². The molecule has 0 radical (unpaired) electrons. The first kappa shape index (κ1) is 17.0. The number of hydrogen-bond donors (Lipinski definition) is 1. The van der Waals surface area contributed by atoms with E-state index in [9.17, 15) is 4.79 Å². The van der Waals surface area contributed by atoms with Crippen molar-refractivity contribution in [2.75, 3.05) is 19.0 Å². The second-order valence-electron chi connectivity index (χ2n) is 3.85. The summed E-state index contributed by atoms with van der Waals surface area (Å²) in [5.74, 6) is 0.386. The van der Waals surface area contributed by atoms with Gasteiger partial charge in [-0.25, -0.2) is 9.78 Å². The van der Waals surface area contributed by atoms with Crippen molar-refractivity contribution in [3.8, 4) is 0 Å². The average molecular weight is 312 g/mol. The zero-order valence-electron chi connectivity index (χ0n) is 12.3. The summed E-state index contributed by atoms with van der Waals surface area (Å²) in [7, 11) is 1.56. The summed E-state index contributed by atoms with van der Waals surface area (Å²) in [5.41, 5.74) is 0.785. The summed E-state index contributed by atoms with van der Waals surface area (Å²) >= 11 is 5.79. The zero-order valence-corrected chi connectivity index (χ0v) is 13.0. The molecular formula is C14H18ClN3O3. The summed E-state index contributed by atoms with van der Waals surface area (Å²) < 4.78 is 10.2. The van der Waals surface area contributed by atoms with Crippen molar-refractivity contribution >= 4 is 23.4 Å². The van der Waals surface area contributed by atoms with Crippen LogP contribution in [-0.2, 0) is 9.47 Å². The highest BCUT2D eigenvalue weighted by molar-refractivity contribution is 6.28. The van der Waals surface area contributed by atoms with Crippen molar-refractivity contribution in [1.29, 1.82) is 0 Å². The molecular weight excluding hydrogens is 294 g/mol. The van der Waals surface area contributed by atoms with Gasteiger partial charge in [0.05, 0.1) is 19.4 Å². The maximum atomic E-state index is 11.9. The van der Waals surface area contributed by atoms with E-state index in [1.165, 1.54) is 6.20 Å². The minimum absolute atomic E-state index is 0.0180. The average Bonchev–Trinajstić information content (AvgIpc) is 2.47. The number of esters is 1. The Morgan fingerprint density at radius 3 is 2.76 bits per heavy atom. The molecule has 0 saturated carbocycles. The highest BCUT2D eigenvalue weighted by Crippen LogP contribution is 2.20. The van der Waals surface area contributed by atoms with Gasteiger partial charge in [-0.05, 0) is 24.6 Å². The number of rotatable bonds is 7. The van der Waals surface area contributed by atoms with E-state index >= 15 is 0 Å². The number of ether oxygens (including phenoxy) is 2. The molecule has 0 atom stereocenters. The molecule has 1 heterocycles. The summed E-state index contributed by atoms with van der Waals surface area (Å²) in [6.45, 7) is 7.62. The number of aromatic nitrogens is 2. The number of hydrogen-bond acceptors (Lipinski definition) is 6. The van der Waals surface area contributed by atoms with Crippen LogP contribution in [0.2, 0.25) is 5.28 Å². The molecule has 0 amide bonds. The molecule has 0 spiro atoms. The first-order chi connectivity index (χ1) is 10.1. The van der Waals surface area contributed by atoms with Crippen molar-refractivity contribution in [2.45, 2.75) is 20.3 Å². The van der Waals surface area contributed by atoms with Crippen molar-refractivity contribution in [2.24, 2.45) is 0 Å². The van der Waals surface area contributed by atoms with Gasteiger partial charge in [0.2, 0.25) is 5.28 Å². The Hall–Kier alpha value is -2.08. The molecule has 114 valence electrons. The van der Waals surface area contributed by atoms with Gasteiger partial charge < -0.3 is 14.8 Å². The Balaban J connectivity index is 3.22. The van der Waals surface area contributed by atoms with Crippen LogP contribution in [0.25, 0.3) is 0 Å². The van der Waals surface area contributed by atoms with Crippen LogP contribution in [-0.4, -0.2) is 29.7 Å². The highest BCUT2D eigenvalue weighted by atomic mass is 35.5. The van der Waals surface area contributed by atoms with Gasteiger partial charge >= 0.3 is 5.97 Å². The Bertz CT molecular complexity index is 552. The van der Waals surface area contributed by atoms with Crippen molar-refractivity contribution in [3.05, 3.63) is 41.2 Å². The Kier molecular flexibility index (Phi) is 6.68. The van der Waals surface area contributed by atoms with E-state index in [1.807, 2.05) is 6.92 Å². The standard InChI is InChI=1S/C14H18ClN3O3/c1-5-10(11(6-2)20-4)17-12-9(13(19)21-7-3)8-16-14(15)18-12/h5,8H,1,6-7H2,2-4H3,(H,16,17,18)/b11-10-. The van der Waals surface area contributed by atoms with E-state index in [0.717, 1.165) is 0 Å². The Labute approximate surface area is 128 Å². The van der Waals surface area contributed by atoms with E-state index in [-0.39, 0.29) is 23.3 Å². The predicted molar refractivity (Wildman–Crippen MR) is 81.1 cm³/mol. The molecule has 0 fully saturated rings. The second kappa shape index (κ2) is 8.26. The molecule has 21 heavy (non-hydrogen) atoms. The molecule has 0 aliphatic rings. The number of allylic oxidation sites excluding steroid dienone is 2. The maximum Gasteiger partial charge on any atom is 0.343 e. The lowest BCUT2D eigenvalue weighted by Crippen LogP contribution is -2.13. The van der Waals surface area contributed by atoms with Crippen LogP contribution < -0.4 is 5.32 Å². The molecule has 0 aliphatic heterocycles. The van der Waals surface area contributed by atoms with E-state index < -0.39 is 5.97 Å². The molecule has 0 aliphatic carbocycles. The van der Waals surface area contributed by atoms with Gasteiger partial charge in [0.1, 0.15) is 17.1 Å². The summed E-state index contributed by atoms with van der Waals surface area (Å²) in [5, 5.41) is 3.00. The van der Waals surface area contributed by atoms with Crippen LogP contribution in [0.5, 0.6) is 0 Å². The third-order valence-electron chi connectivity index (χ3n) is 2.58. The molecule has 1 aromatic heterocycles. The molecule has 0 bridgehead atoms. The van der Waals surface area contributed by atoms with E-state index in [1.54, 1.807) is 20.1 Å². The van der Waals surface area contributed by atoms with Crippen LogP contribution in [0, 0.1) is 0 Å². The molecule has 7 heteroatoms. The third-order valence-corrected chi connectivity index (χ3v) is 2.76. The van der Waals surface area contributed by atoms with Gasteiger partial charge in [-0.2, -0.15) is 4.98 Å². The van der Waals surface area contributed by atoms with Crippen LogP contribution in [0.15, 0.2) is 30.3 Å². The van der Waals surface area contributed by atoms with Crippen molar-refractivity contribution in [3.63, 3.8) is 0 Å². The predicted octanol–water partition coefficient (Wildman–Crippen LogP) is 3.17.